The van der Waals surface area contributed by atoms with Gasteiger partial charge in [-0.25, -0.2) is 8.42 Å². The van der Waals surface area contributed by atoms with Crippen LogP contribution >= 0.6 is 0 Å². The van der Waals surface area contributed by atoms with Crippen LogP contribution in [0.5, 0.6) is 0 Å². The summed E-state index contributed by atoms with van der Waals surface area (Å²) in [6, 6.07) is 15.2. The summed E-state index contributed by atoms with van der Waals surface area (Å²) < 4.78 is 27.6. The molecule has 0 atom stereocenters. The maximum Gasteiger partial charge on any atom is 0.243 e. The van der Waals surface area contributed by atoms with Crippen LogP contribution in [0.1, 0.15) is 23.6 Å². The van der Waals surface area contributed by atoms with Gasteiger partial charge in [0.25, 0.3) is 0 Å². The average molecular weight is 380 g/mol. The lowest BCUT2D eigenvalue weighted by Gasteiger charge is -2.17. The number of rotatable bonds is 5. The minimum absolute atomic E-state index is 0.331. The molecule has 3 nitrogen and oxygen atoms in total. The minimum atomic E-state index is -3.53. The smallest absolute Gasteiger partial charge is 0.207 e. The van der Waals surface area contributed by atoms with Crippen molar-refractivity contribution < 1.29 is 8.42 Å². The quantitative estimate of drug-likeness (QED) is 0.741. The summed E-state index contributed by atoms with van der Waals surface area (Å²) in [6.07, 6.45) is 4.04. The number of benzene rings is 2. The van der Waals surface area contributed by atoms with Crippen molar-refractivity contribution in [2.45, 2.75) is 25.7 Å². The molecule has 0 aliphatic carbocycles. The number of hydrogen-bond donors (Lipinski definition) is 0. The standard InChI is InChI=1S/C23H25NO2S/c1-17(2)23-16-24(27(25,26)22-13-7-19(4)8-14-22)15-21(23)12-11-20-9-5-18(3)6-10-20/h5-14H,1,15-16H2,2-4H3/b12-11+. The van der Waals surface area contributed by atoms with Gasteiger partial charge in [0, 0.05) is 13.1 Å². The first-order valence-electron chi connectivity index (χ1n) is 8.97. The number of nitrogens with zero attached hydrogens (tertiary/aromatic N) is 1. The van der Waals surface area contributed by atoms with Crippen LogP contribution in [0, 0.1) is 13.8 Å². The molecule has 0 fully saturated rings. The Hall–Kier alpha value is -2.43. The Kier molecular flexibility index (Phi) is 5.49. The summed E-state index contributed by atoms with van der Waals surface area (Å²) in [7, 11) is -3.53. The minimum Gasteiger partial charge on any atom is -0.207 e. The highest BCUT2D eigenvalue weighted by atomic mass is 32.2. The lowest BCUT2D eigenvalue weighted by molar-refractivity contribution is 0.483. The Labute approximate surface area is 162 Å². The van der Waals surface area contributed by atoms with Crippen molar-refractivity contribution in [2.24, 2.45) is 0 Å². The molecule has 0 N–H and O–H groups in total. The molecule has 3 rings (SSSR count). The van der Waals surface area contributed by atoms with Crippen molar-refractivity contribution in [2.75, 3.05) is 13.1 Å². The normalized spacial score (nSPS) is 15.7. The average Bonchev–Trinajstić information content (AvgIpc) is 3.07. The molecule has 1 heterocycles. The van der Waals surface area contributed by atoms with E-state index in [-0.39, 0.29) is 0 Å². The van der Waals surface area contributed by atoms with Crippen LogP contribution in [0.2, 0.25) is 0 Å². The van der Waals surface area contributed by atoms with Crippen molar-refractivity contribution in [3.63, 3.8) is 0 Å². The topological polar surface area (TPSA) is 37.4 Å². The summed E-state index contributed by atoms with van der Waals surface area (Å²) in [6.45, 7) is 10.7. The van der Waals surface area contributed by atoms with Gasteiger partial charge < -0.3 is 0 Å². The molecule has 1 aliphatic heterocycles. The number of aryl methyl sites for hydroxylation is 2. The van der Waals surface area contributed by atoms with Crippen LogP contribution in [0.25, 0.3) is 6.08 Å². The van der Waals surface area contributed by atoms with Gasteiger partial charge in [0.05, 0.1) is 4.90 Å². The summed E-state index contributed by atoms with van der Waals surface area (Å²) in [5.41, 5.74) is 6.24. The van der Waals surface area contributed by atoms with Crippen molar-refractivity contribution in [3.05, 3.63) is 94.6 Å². The van der Waals surface area contributed by atoms with Crippen LogP contribution in [0.3, 0.4) is 0 Å². The van der Waals surface area contributed by atoms with Gasteiger partial charge in [0.1, 0.15) is 0 Å². The zero-order valence-electron chi connectivity index (χ0n) is 16.1. The molecular formula is C23H25NO2S. The van der Waals surface area contributed by atoms with Gasteiger partial charge in [-0.2, -0.15) is 4.31 Å². The molecule has 2 aromatic carbocycles. The van der Waals surface area contributed by atoms with Crippen LogP contribution < -0.4 is 0 Å². The first kappa shape index (κ1) is 19.3. The van der Waals surface area contributed by atoms with E-state index in [4.69, 9.17) is 0 Å². The number of hydrogen-bond acceptors (Lipinski definition) is 2. The van der Waals surface area contributed by atoms with Crippen LogP contribution in [-0.4, -0.2) is 25.8 Å². The predicted octanol–water partition coefficient (Wildman–Crippen LogP) is 4.89. The van der Waals surface area contributed by atoms with Crippen LogP contribution in [0.4, 0.5) is 0 Å². The second kappa shape index (κ2) is 7.67. The molecule has 0 unspecified atom stereocenters. The lowest BCUT2D eigenvalue weighted by Crippen LogP contribution is -2.29. The highest BCUT2D eigenvalue weighted by Gasteiger charge is 2.31. The van der Waals surface area contributed by atoms with Crippen molar-refractivity contribution >= 4 is 16.1 Å². The van der Waals surface area contributed by atoms with Gasteiger partial charge in [-0.15, -0.1) is 0 Å². The maximum absolute atomic E-state index is 13.0. The second-order valence-electron chi connectivity index (χ2n) is 7.11. The van der Waals surface area contributed by atoms with Gasteiger partial charge in [0.2, 0.25) is 10.0 Å². The molecule has 0 spiro atoms. The highest BCUT2D eigenvalue weighted by Crippen LogP contribution is 2.29. The summed E-state index contributed by atoms with van der Waals surface area (Å²) in [5.74, 6) is 0. The Morgan fingerprint density at radius 3 is 2.04 bits per heavy atom. The molecule has 0 aromatic heterocycles. The Morgan fingerprint density at radius 1 is 0.926 bits per heavy atom. The molecule has 1 aliphatic rings. The molecule has 0 saturated carbocycles. The Bertz CT molecular complexity index is 1010. The zero-order chi connectivity index (χ0) is 19.6. The molecule has 0 bridgehead atoms. The van der Waals surface area contributed by atoms with E-state index in [2.05, 4.69) is 37.8 Å². The van der Waals surface area contributed by atoms with E-state index in [1.807, 2.05) is 38.1 Å². The van der Waals surface area contributed by atoms with Crippen molar-refractivity contribution in [1.29, 1.82) is 0 Å². The molecular weight excluding hydrogens is 354 g/mol. The first-order chi connectivity index (χ1) is 12.8. The van der Waals surface area contributed by atoms with Crippen LogP contribution in [0.15, 0.2) is 82.8 Å². The predicted molar refractivity (Wildman–Crippen MR) is 112 cm³/mol. The summed E-state index contributed by atoms with van der Waals surface area (Å²) in [4.78, 5) is 0.331. The lowest BCUT2D eigenvalue weighted by atomic mass is 10.0. The third-order valence-electron chi connectivity index (χ3n) is 4.80. The van der Waals surface area contributed by atoms with Gasteiger partial charge >= 0.3 is 0 Å². The van der Waals surface area contributed by atoms with Gasteiger partial charge in [-0.3, -0.25) is 0 Å². The van der Waals surface area contributed by atoms with E-state index in [1.54, 1.807) is 12.1 Å². The largest absolute Gasteiger partial charge is 0.243 e. The maximum atomic E-state index is 13.0. The molecule has 140 valence electrons. The van der Waals surface area contributed by atoms with E-state index in [0.29, 0.717) is 18.0 Å². The van der Waals surface area contributed by atoms with E-state index in [1.165, 1.54) is 9.87 Å². The molecule has 27 heavy (non-hydrogen) atoms. The summed E-state index contributed by atoms with van der Waals surface area (Å²) in [5, 5.41) is 0. The van der Waals surface area contributed by atoms with E-state index < -0.39 is 10.0 Å². The fraction of sp³-hybridized carbons (Fsp3) is 0.217. The fourth-order valence-corrected chi connectivity index (χ4v) is 4.47. The SMILES string of the molecule is C=C(C)C1=C(/C=C/c2ccc(C)cc2)CN(S(=O)(=O)c2ccc(C)cc2)C1. The fourth-order valence-electron chi connectivity index (χ4n) is 3.09. The van der Waals surface area contributed by atoms with Gasteiger partial charge in [0.15, 0.2) is 0 Å². The zero-order valence-corrected chi connectivity index (χ0v) is 16.9. The van der Waals surface area contributed by atoms with Crippen molar-refractivity contribution in [1.82, 2.24) is 4.31 Å². The highest BCUT2D eigenvalue weighted by molar-refractivity contribution is 7.89. The second-order valence-corrected chi connectivity index (χ2v) is 9.05. The molecule has 0 saturated heterocycles. The van der Waals surface area contributed by atoms with E-state index in [9.17, 15) is 8.42 Å². The van der Waals surface area contributed by atoms with Crippen molar-refractivity contribution in [3.8, 4) is 0 Å². The summed E-state index contributed by atoms with van der Waals surface area (Å²) >= 11 is 0. The number of sulfonamides is 1. The third-order valence-corrected chi connectivity index (χ3v) is 6.60. The molecule has 0 radical (unpaired) electrons. The van der Waals surface area contributed by atoms with E-state index >= 15 is 0 Å². The van der Waals surface area contributed by atoms with Gasteiger partial charge in [-0.1, -0.05) is 71.8 Å². The van der Waals surface area contributed by atoms with Gasteiger partial charge in [-0.05, 0) is 49.6 Å². The Balaban J connectivity index is 1.86. The first-order valence-corrected chi connectivity index (χ1v) is 10.4. The van der Waals surface area contributed by atoms with Crippen LogP contribution in [-0.2, 0) is 10.0 Å². The third kappa shape index (κ3) is 4.29. The molecule has 4 heteroatoms. The molecule has 2 aromatic rings. The van der Waals surface area contributed by atoms with E-state index in [0.717, 1.165) is 27.8 Å². The molecule has 0 amide bonds. The monoisotopic (exact) mass is 379 g/mol. The Morgan fingerprint density at radius 2 is 1.48 bits per heavy atom.